The van der Waals surface area contributed by atoms with Gasteiger partial charge in [-0.1, -0.05) is 29.8 Å². The van der Waals surface area contributed by atoms with E-state index in [2.05, 4.69) is 22.5 Å². The number of halogens is 2. The van der Waals surface area contributed by atoms with Crippen molar-refractivity contribution in [3.8, 4) is 0 Å². The molecule has 6 heteroatoms. The number of rotatable bonds is 8. The average Bonchev–Trinajstić information content (AvgIpc) is 3.30. The maximum Gasteiger partial charge on any atom is 0.191 e. The van der Waals surface area contributed by atoms with Gasteiger partial charge in [0.2, 0.25) is 0 Å². The lowest BCUT2D eigenvalue weighted by Crippen LogP contribution is -2.39. The van der Waals surface area contributed by atoms with Gasteiger partial charge in [-0.25, -0.2) is 4.99 Å². The summed E-state index contributed by atoms with van der Waals surface area (Å²) in [5, 5.41) is 7.25. The summed E-state index contributed by atoms with van der Waals surface area (Å²) >= 11 is 6.14. The van der Waals surface area contributed by atoms with E-state index in [4.69, 9.17) is 16.3 Å². The first-order valence-corrected chi connectivity index (χ1v) is 8.00. The zero-order chi connectivity index (χ0) is 14.9. The van der Waals surface area contributed by atoms with E-state index < -0.39 is 0 Å². The van der Waals surface area contributed by atoms with Gasteiger partial charge in [-0.3, -0.25) is 0 Å². The predicted octanol–water partition coefficient (Wildman–Crippen LogP) is 3.44. The summed E-state index contributed by atoms with van der Waals surface area (Å²) in [6.07, 6.45) is 2.66. The molecule has 1 aromatic rings. The molecule has 2 rings (SSSR count). The number of aliphatic imine (C=N–C) groups is 1. The lowest BCUT2D eigenvalue weighted by molar-refractivity contribution is 0.129. The molecule has 0 bridgehead atoms. The second-order valence-corrected chi connectivity index (χ2v) is 5.64. The van der Waals surface area contributed by atoms with Crippen LogP contribution in [0.1, 0.15) is 25.3 Å². The van der Waals surface area contributed by atoms with Crippen LogP contribution in [0.3, 0.4) is 0 Å². The predicted molar refractivity (Wildman–Crippen MR) is 103 cm³/mol. The number of hydrogen-bond donors (Lipinski definition) is 2. The quantitative estimate of drug-likeness (QED) is 0.283. The SMILES string of the molecule is CCNC(=NCc1ccccc1Cl)NCCOCC1CC1.I. The third kappa shape index (κ3) is 7.65. The van der Waals surface area contributed by atoms with Gasteiger partial charge in [0.15, 0.2) is 5.96 Å². The molecule has 1 aliphatic rings. The first kappa shape index (κ1) is 19.5. The molecule has 0 amide bonds. The Kier molecular flexibility index (Phi) is 9.82. The van der Waals surface area contributed by atoms with Gasteiger partial charge in [0.25, 0.3) is 0 Å². The molecule has 2 N–H and O–H groups in total. The van der Waals surface area contributed by atoms with E-state index in [0.29, 0.717) is 13.2 Å². The molecule has 0 unspecified atom stereocenters. The van der Waals surface area contributed by atoms with Crippen LogP contribution in [-0.2, 0) is 11.3 Å². The minimum absolute atomic E-state index is 0. The van der Waals surface area contributed by atoms with Crippen molar-refractivity contribution in [2.75, 3.05) is 26.3 Å². The molecule has 0 aromatic heterocycles. The smallest absolute Gasteiger partial charge is 0.191 e. The van der Waals surface area contributed by atoms with Crippen LogP contribution in [0.25, 0.3) is 0 Å². The van der Waals surface area contributed by atoms with Crippen molar-refractivity contribution in [1.29, 1.82) is 0 Å². The average molecular weight is 438 g/mol. The van der Waals surface area contributed by atoms with Crippen molar-refractivity contribution in [3.05, 3.63) is 34.9 Å². The van der Waals surface area contributed by atoms with Crippen LogP contribution in [0.4, 0.5) is 0 Å². The maximum atomic E-state index is 6.14. The monoisotopic (exact) mass is 437 g/mol. The lowest BCUT2D eigenvalue weighted by atomic mass is 10.2. The van der Waals surface area contributed by atoms with Crippen LogP contribution in [0.15, 0.2) is 29.3 Å². The largest absolute Gasteiger partial charge is 0.379 e. The van der Waals surface area contributed by atoms with E-state index in [-0.39, 0.29) is 24.0 Å². The highest BCUT2D eigenvalue weighted by Crippen LogP contribution is 2.28. The number of hydrogen-bond acceptors (Lipinski definition) is 2. The molecule has 1 aliphatic carbocycles. The third-order valence-corrected chi connectivity index (χ3v) is 3.67. The van der Waals surface area contributed by atoms with Gasteiger partial charge >= 0.3 is 0 Å². The van der Waals surface area contributed by atoms with Crippen LogP contribution < -0.4 is 10.6 Å². The second-order valence-electron chi connectivity index (χ2n) is 5.23. The van der Waals surface area contributed by atoms with E-state index in [1.807, 2.05) is 24.3 Å². The number of nitrogens with zero attached hydrogens (tertiary/aromatic N) is 1. The van der Waals surface area contributed by atoms with Gasteiger partial charge in [-0.15, -0.1) is 24.0 Å². The highest BCUT2D eigenvalue weighted by Gasteiger charge is 2.20. The molecule has 0 heterocycles. The zero-order valence-corrected chi connectivity index (χ0v) is 16.1. The molecule has 1 fully saturated rings. The topological polar surface area (TPSA) is 45.7 Å². The van der Waals surface area contributed by atoms with Gasteiger partial charge in [0, 0.05) is 24.7 Å². The molecule has 0 aliphatic heterocycles. The van der Waals surface area contributed by atoms with Crippen molar-refractivity contribution in [2.45, 2.75) is 26.3 Å². The van der Waals surface area contributed by atoms with Crippen molar-refractivity contribution >= 4 is 41.5 Å². The standard InChI is InChI=1S/C16H24ClN3O.HI/c1-2-18-16(19-9-10-21-12-13-7-8-13)20-11-14-5-3-4-6-15(14)17;/h3-6,13H,2,7-12H2,1H3,(H2,18,19,20);1H. The maximum absolute atomic E-state index is 6.14. The molecule has 4 nitrogen and oxygen atoms in total. The van der Waals surface area contributed by atoms with Crippen LogP contribution in [-0.4, -0.2) is 32.3 Å². The van der Waals surface area contributed by atoms with Gasteiger partial charge in [0.05, 0.1) is 13.2 Å². The van der Waals surface area contributed by atoms with E-state index in [1.54, 1.807) is 0 Å². The first-order chi connectivity index (χ1) is 10.3. The molecule has 22 heavy (non-hydrogen) atoms. The van der Waals surface area contributed by atoms with E-state index in [9.17, 15) is 0 Å². The number of ether oxygens (including phenoxy) is 1. The highest BCUT2D eigenvalue weighted by atomic mass is 127. The van der Waals surface area contributed by atoms with Gasteiger partial charge in [0.1, 0.15) is 0 Å². The molecule has 0 saturated heterocycles. The van der Waals surface area contributed by atoms with Crippen molar-refractivity contribution in [1.82, 2.24) is 10.6 Å². The number of nitrogens with one attached hydrogen (secondary N) is 2. The highest BCUT2D eigenvalue weighted by molar-refractivity contribution is 14.0. The summed E-state index contributed by atoms with van der Waals surface area (Å²) in [7, 11) is 0. The van der Waals surface area contributed by atoms with Crippen molar-refractivity contribution in [2.24, 2.45) is 10.9 Å². The summed E-state index contributed by atoms with van der Waals surface area (Å²) in [4.78, 5) is 4.54. The first-order valence-electron chi connectivity index (χ1n) is 7.63. The fourth-order valence-electron chi connectivity index (χ4n) is 1.91. The normalized spacial score (nSPS) is 14.4. The number of benzene rings is 1. The summed E-state index contributed by atoms with van der Waals surface area (Å²) in [5.41, 5.74) is 1.03. The number of guanidine groups is 1. The van der Waals surface area contributed by atoms with E-state index in [0.717, 1.165) is 42.2 Å². The Labute approximate surface area is 155 Å². The Morgan fingerprint density at radius 3 is 2.77 bits per heavy atom. The third-order valence-electron chi connectivity index (χ3n) is 3.30. The molecule has 0 spiro atoms. The van der Waals surface area contributed by atoms with Crippen molar-refractivity contribution < 1.29 is 4.74 Å². The van der Waals surface area contributed by atoms with Crippen LogP contribution >= 0.6 is 35.6 Å². The Bertz CT molecular complexity index is 466. The summed E-state index contributed by atoms with van der Waals surface area (Å²) in [6, 6.07) is 7.78. The molecule has 124 valence electrons. The molecule has 1 saturated carbocycles. The zero-order valence-electron chi connectivity index (χ0n) is 13.0. The molecular formula is C16H25ClIN3O. The van der Waals surface area contributed by atoms with Gasteiger partial charge < -0.3 is 15.4 Å². The molecule has 0 atom stereocenters. The summed E-state index contributed by atoms with van der Waals surface area (Å²) in [5.74, 6) is 1.61. The second kappa shape index (κ2) is 11.1. The molecule has 1 aromatic carbocycles. The Morgan fingerprint density at radius 1 is 1.32 bits per heavy atom. The van der Waals surface area contributed by atoms with E-state index >= 15 is 0 Å². The Morgan fingerprint density at radius 2 is 2.09 bits per heavy atom. The van der Waals surface area contributed by atoms with Crippen LogP contribution in [0.5, 0.6) is 0 Å². The summed E-state index contributed by atoms with van der Waals surface area (Å²) < 4.78 is 5.60. The van der Waals surface area contributed by atoms with Gasteiger partial charge in [-0.2, -0.15) is 0 Å². The summed E-state index contributed by atoms with van der Waals surface area (Å²) in [6.45, 7) is 5.83. The fourth-order valence-corrected chi connectivity index (χ4v) is 2.10. The minimum Gasteiger partial charge on any atom is -0.379 e. The van der Waals surface area contributed by atoms with Crippen LogP contribution in [0.2, 0.25) is 5.02 Å². The van der Waals surface area contributed by atoms with Crippen LogP contribution in [0, 0.1) is 5.92 Å². The lowest BCUT2D eigenvalue weighted by Gasteiger charge is -2.11. The fraction of sp³-hybridized carbons (Fsp3) is 0.562. The minimum atomic E-state index is 0. The Balaban J connectivity index is 0.00000242. The Hall–Kier alpha value is -0.530. The van der Waals surface area contributed by atoms with E-state index in [1.165, 1.54) is 12.8 Å². The molecular weight excluding hydrogens is 413 g/mol. The molecule has 0 radical (unpaired) electrons. The van der Waals surface area contributed by atoms with Crippen molar-refractivity contribution in [3.63, 3.8) is 0 Å². The van der Waals surface area contributed by atoms with Gasteiger partial charge in [-0.05, 0) is 37.3 Å².